The lowest BCUT2D eigenvalue weighted by Gasteiger charge is -2.08. The summed E-state index contributed by atoms with van der Waals surface area (Å²) in [6.45, 7) is 0. The number of aliphatic hydroxyl groups excluding tert-OH is 1. The average molecular weight is 218 g/mol. The lowest BCUT2D eigenvalue weighted by Crippen LogP contribution is -2.00. The molecular weight excluding hydrogens is 204 g/mol. The minimum absolute atomic E-state index is 0.490. The van der Waals surface area contributed by atoms with E-state index in [0.717, 1.165) is 17.5 Å². The van der Waals surface area contributed by atoms with Crippen LogP contribution < -0.4 is 0 Å². The third-order valence-electron chi connectivity index (χ3n) is 2.46. The molecule has 0 saturated heterocycles. The summed E-state index contributed by atoms with van der Waals surface area (Å²) in [6, 6.07) is 1.78. The molecule has 5 heteroatoms. The average Bonchev–Trinajstić information content (AvgIpc) is 2.73. The van der Waals surface area contributed by atoms with Gasteiger partial charge in [0.2, 0.25) is 0 Å². The summed E-state index contributed by atoms with van der Waals surface area (Å²) in [5.41, 5.74) is 1.93. The Bertz CT molecular complexity index is 440. The quantitative estimate of drug-likeness (QED) is 0.827. The van der Waals surface area contributed by atoms with Crippen LogP contribution in [0.4, 0.5) is 0 Å². The molecule has 0 fully saturated rings. The van der Waals surface area contributed by atoms with Gasteiger partial charge in [0.15, 0.2) is 0 Å². The molecule has 0 amide bonds. The molecule has 0 saturated carbocycles. The van der Waals surface area contributed by atoms with E-state index in [9.17, 15) is 5.11 Å². The number of nitrogens with zero attached hydrogens (tertiary/aromatic N) is 4. The summed E-state index contributed by atoms with van der Waals surface area (Å²) in [7, 11) is 1.88. The lowest BCUT2D eigenvalue weighted by molar-refractivity contribution is 0.167. The molecule has 2 rings (SSSR count). The zero-order valence-electron chi connectivity index (χ0n) is 9.11. The van der Waals surface area contributed by atoms with Crippen molar-refractivity contribution < 1.29 is 5.11 Å². The van der Waals surface area contributed by atoms with Crippen molar-refractivity contribution in [2.45, 2.75) is 18.9 Å². The molecule has 0 bridgehead atoms. The van der Waals surface area contributed by atoms with Gasteiger partial charge >= 0.3 is 0 Å². The molecule has 2 aromatic rings. The molecule has 0 aliphatic rings. The second-order valence-corrected chi connectivity index (χ2v) is 3.75. The first kappa shape index (κ1) is 10.8. The van der Waals surface area contributed by atoms with E-state index < -0.39 is 6.10 Å². The number of hydrogen-bond donors (Lipinski definition) is 1. The fourth-order valence-corrected chi connectivity index (χ4v) is 1.57. The van der Waals surface area contributed by atoms with Gasteiger partial charge in [-0.15, -0.1) is 0 Å². The SMILES string of the molecule is Cn1cc(CCC(O)c2ccnnc2)cn1. The number of aromatic nitrogens is 4. The van der Waals surface area contributed by atoms with E-state index in [-0.39, 0.29) is 0 Å². The first-order valence-corrected chi connectivity index (χ1v) is 5.18. The standard InChI is InChI=1S/C11H14N4O/c1-15-8-9(6-14-15)2-3-11(16)10-4-5-12-13-7-10/h4-8,11,16H,2-3H2,1H3. The summed E-state index contributed by atoms with van der Waals surface area (Å²) in [5.74, 6) is 0. The van der Waals surface area contributed by atoms with E-state index in [2.05, 4.69) is 15.3 Å². The van der Waals surface area contributed by atoms with Gasteiger partial charge in [-0.25, -0.2) is 0 Å². The fourth-order valence-electron chi connectivity index (χ4n) is 1.57. The molecule has 5 nitrogen and oxygen atoms in total. The second kappa shape index (κ2) is 4.85. The highest BCUT2D eigenvalue weighted by molar-refractivity contribution is 5.11. The van der Waals surface area contributed by atoms with Crippen molar-refractivity contribution in [3.05, 3.63) is 42.0 Å². The Morgan fingerprint density at radius 3 is 2.88 bits per heavy atom. The Morgan fingerprint density at radius 2 is 2.25 bits per heavy atom. The first-order valence-electron chi connectivity index (χ1n) is 5.18. The van der Waals surface area contributed by atoms with E-state index >= 15 is 0 Å². The van der Waals surface area contributed by atoms with Crippen LogP contribution in [-0.4, -0.2) is 25.1 Å². The van der Waals surface area contributed by atoms with Crippen molar-refractivity contribution in [1.29, 1.82) is 0 Å². The second-order valence-electron chi connectivity index (χ2n) is 3.75. The van der Waals surface area contributed by atoms with Gasteiger partial charge in [0, 0.05) is 25.0 Å². The maximum atomic E-state index is 9.89. The largest absolute Gasteiger partial charge is 0.388 e. The summed E-state index contributed by atoms with van der Waals surface area (Å²) in [4.78, 5) is 0. The van der Waals surface area contributed by atoms with Gasteiger partial charge in [-0.05, 0) is 24.5 Å². The van der Waals surface area contributed by atoms with Gasteiger partial charge in [-0.1, -0.05) is 0 Å². The zero-order chi connectivity index (χ0) is 11.4. The van der Waals surface area contributed by atoms with Gasteiger partial charge < -0.3 is 5.11 Å². The van der Waals surface area contributed by atoms with Crippen LogP contribution in [-0.2, 0) is 13.5 Å². The topological polar surface area (TPSA) is 63.8 Å². The van der Waals surface area contributed by atoms with Gasteiger partial charge in [-0.3, -0.25) is 4.68 Å². The molecular formula is C11H14N4O. The van der Waals surface area contributed by atoms with Gasteiger partial charge in [0.25, 0.3) is 0 Å². The number of rotatable bonds is 4. The first-order chi connectivity index (χ1) is 7.75. The van der Waals surface area contributed by atoms with Crippen LogP contribution in [0, 0.1) is 0 Å². The highest BCUT2D eigenvalue weighted by Crippen LogP contribution is 2.17. The van der Waals surface area contributed by atoms with Crippen molar-refractivity contribution in [3.8, 4) is 0 Å². The molecule has 0 aliphatic carbocycles. The van der Waals surface area contributed by atoms with Crippen LogP contribution in [0.2, 0.25) is 0 Å². The maximum absolute atomic E-state index is 9.89. The van der Waals surface area contributed by atoms with Crippen LogP contribution in [0.15, 0.2) is 30.9 Å². The van der Waals surface area contributed by atoms with E-state index in [4.69, 9.17) is 0 Å². The van der Waals surface area contributed by atoms with Crippen LogP contribution in [0.3, 0.4) is 0 Å². The van der Waals surface area contributed by atoms with Crippen LogP contribution in [0.25, 0.3) is 0 Å². The van der Waals surface area contributed by atoms with E-state index in [1.54, 1.807) is 23.1 Å². The summed E-state index contributed by atoms with van der Waals surface area (Å²) in [5, 5.41) is 21.4. The van der Waals surface area contributed by atoms with E-state index in [1.807, 2.05) is 19.4 Å². The maximum Gasteiger partial charge on any atom is 0.0809 e. The minimum atomic E-state index is -0.490. The van der Waals surface area contributed by atoms with E-state index in [1.165, 1.54) is 0 Å². The predicted molar refractivity (Wildman–Crippen MR) is 58.5 cm³/mol. The molecule has 0 spiro atoms. The molecule has 1 N–H and O–H groups in total. The highest BCUT2D eigenvalue weighted by Gasteiger charge is 2.08. The molecule has 0 radical (unpaired) electrons. The fraction of sp³-hybridized carbons (Fsp3) is 0.364. The molecule has 2 heterocycles. The predicted octanol–water partition coefficient (Wildman–Crippen LogP) is 0.876. The van der Waals surface area contributed by atoms with Crippen LogP contribution in [0.5, 0.6) is 0 Å². The molecule has 16 heavy (non-hydrogen) atoms. The summed E-state index contributed by atoms with van der Waals surface area (Å²) in [6.07, 6.45) is 7.93. The highest BCUT2D eigenvalue weighted by atomic mass is 16.3. The van der Waals surface area contributed by atoms with Crippen molar-refractivity contribution >= 4 is 0 Å². The summed E-state index contributed by atoms with van der Waals surface area (Å²) < 4.78 is 1.76. The van der Waals surface area contributed by atoms with E-state index in [0.29, 0.717) is 6.42 Å². The molecule has 84 valence electrons. The minimum Gasteiger partial charge on any atom is -0.388 e. The molecule has 2 aromatic heterocycles. The van der Waals surface area contributed by atoms with Gasteiger partial charge in [-0.2, -0.15) is 15.3 Å². The third kappa shape index (κ3) is 2.64. The van der Waals surface area contributed by atoms with Crippen molar-refractivity contribution in [2.24, 2.45) is 7.05 Å². The normalized spacial score (nSPS) is 12.6. The monoisotopic (exact) mass is 218 g/mol. The Morgan fingerprint density at radius 1 is 1.38 bits per heavy atom. The van der Waals surface area contributed by atoms with Crippen molar-refractivity contribution in [2.75, 3.05) is 0 Å². The molecule has 0 aromatic carbocycles. The third-order valence-corrected chi connectivity index (χ3v) is 2.46. The smallest absolute Gasteiger partial charge is 0.0809 e. The van der Waals surface area contributed by atoms with Crippen LogP contribution >= 0.6 is 0 Å². The number of aliphatic hydroxyl groups is 1. The lowest BCUT2D eigenvalue weighted by atomic mass is 10.1. The van der Waals surface area contributed by atoms with Crippen molar-refractivity contribution in [3.63, 3.8) is 0 Å². The Kier molecular flexibility index (Phi) is 3.26. The van der Waals surface area contributed by atoms with Gasteiger partial charge in [0.05, 0.1) is 18.5 Å². The molecule has 0 aliphatic heterocycles. The Labute approximate surface area is 93.8 Å². The summed E-state index contributed by atoms with van der Waals surface area (Å²) >= 11 is 0. The van der Waals surface area contributed by atoms with Gasteiger partial charge in [0.1, 0.15) is 0 Å². The molecule has 1 atom stereocenters. The molecule has 1 unspecified atom stereocenters. The number of hydrogen-bond acceptors (Lipinski definition) is 4. The number of aryl methyl sites for hydroxylation is 2. The Hall–Kier alpha value is -1.75. The van der Waals surface area contributed by atoms with Crippen molar-refractivity contribution in [1.82, 2.24) is 20.0 Å². The Balaban J connectivity index is 1.91. The zero-order valence-corrected chi connectivity index (χ0v) is 9.11. The van der Waals surface area contributed by atoms with Crippen LogP contribution in [0.1, 0.15) is 23.7 Å².